The summed E-state index contributed by atoms with van der Waals surface area (Å²) in [7, 11) is 0. The fraction of sp³-hybridized carbons (Fsp3) is 0.769. The van der Waals surface area contributed by atoms with Crippen LogP contribution in [0.25, 0.3) is 0 Å². The van der Waals surface area contributed by atoms with Crippen molar-refractivity contribution >= 4 is 5.97 Å². The summed E-state index contributed by atoms with van der Waals surface area (Å²) in [5.41, 5.74) is 1.40. The van der Waals surface area contributed by atoms with E-state index in [0.29, 0.717) is 24.1 Å². The Hall–Kier alpha value is -1.39. The summed E-state index contributed by atoms with van der Waals surface area (Å²) >= 11 is 0. The molecule has 5 heteroatoms. The SMILES string of the molecule is CCOC(=O)c1nnn(CCC(C)C)c1C1CC1. The molecule has 0 N–H and O–H groups in total. The zero-order chi connectivity index (χ0) is 13.1. The predicted molar refractivity (Wildman–Crippen MR) is 67.4 cm³/mol. The minimum Gasteiger partial charge on any atom is -0.461 e. The Morgan fingerprint density at radius 1 is 1.50 bits per heavy atom. The lowest BCUT2D eigenvalue weighted by Gasteiger charge is -2.08. The summed E-state index contributed by atoms with van der Waals surface area (Å²) in [6, 6.07) is 0. The molecule has 1 saturated carbocycles. The lowest BCUT2D eigenvalue weighted by molar-refractivity contribution is 0.0518. The van der Waals surface area contributed by atoms with Gasteiger partial charge >= 0.3 is 5.97 Å². The molecule has 1 aromatic rings. The minimum absolute atomic E-state index is 0.338. The lowest BCUT2D eigenvalue weighted by Crippen LogP contribution is -2.11. The first-order valence-corrected chi connectivity index (χ1v) is 6.74. The van der Waals surface area contributed by atoms with Gasteiger partial charge in [0.2, 0.25) is 0 Å². The highest BCUT2D eigenvalue weighted by Crippen LogP contribution is 2.41. The summed E-state index contributed by atoms with van der Waals surface area (Å²) in [4.78, 5) is 11.8. The predicted octanol–water partition coefficient (Wildman–Crippen LogP) is 2.38. The molecule has 0 amide bonds. The molecule has 1 fully saturated rings. The molecule has 0 aliphatic heterocycles. The molecule has 0 saturated heterocycles. The zero-order valence-corrected chi connectivity index (χ0v) is 11.3. The van der Waals surface area contributed by atoms with Crippen molar-refractivity contribution in [3.63, 3.8) is 0 Å². The number of aromatic nitrogens is 3. The number of esters is 1. The number of nitrogens with zero attached hydrogens (tertiary/aromatic N) is 3. The molecule has 0 spiro atoms. The van der Waals surface area contributed by atoms with Crippen molar-refractivity contribution in [1.29, 1.82) is 0 Å². The summed E-state index contributed by atoms with van der Waals surface area (Å²) < 4.78 is 6.92. The summed E-state index contributed by atoms with van der Waals surface area (Å²) in [6.45, 7) is 7.37. The molecule has 0 aromatic carbocycles. The molecule has 1 aliphatic rings. The van der Waals surface area contributed by atoms with E-state index in [1.165, 1.54) is 0 Å². The van der Waals surface area contributed by atoms with Gasteiger partial charge in [0.25, 0.3) is 0 Å². The van der Waals surface area contributed by atoms with Crippen LogP contribution in [0.3, 0.4) is 0 Å². The third-order valence-corrected chi connectivity index (χ3v) is 3.12. The van der Waals surface area contributed by atoms with Crippen LogP contribution in [0.15, 0.2) is 0 Å². The summed E-state index contributed by atoms with van der Waals surface area (Å²) in [5.74, 6) is 0.731. The van der Waals surface area contributed by atoms with Gasteiger partial charge in [0.1, 0.15) is 0 Å². The standard InChI is InChI=1S/C13H21N3O2/c1-4-18-13(17)11-12(10-5-6-10)16(15-14-11)8-7-9(2)3/h9-10H,4-8H2,1-3H3. The van der Waals surface area contributed by atoms with Crippen LogP contribution < -0.4 is 0 Å². The Kier molecular flexibility index (Phi) is 3.99. The normalized spacial score (nSPS) is 15.1. The van der Waals surface area contributed by atoms with Gasteiger partial charge in [0.15, 0.2) is 5.69 Å². The minimum atomic E-state index is -0.338. The van der Waals surface area contributed by atoms with Crippen LogP contribution >= 0.6 is 0 Å². The lowest BCUT2D eigenvalue weighted by atomic mass is 10.1. The maximum Gasteiger partial charge on any atom is 0.360 e. The average molecular weight is 251 g/mol. The molecule has 1 aliphatic carbocycles. The van der Waals surface area contributed by atoms with Crippen LogP contribution in [-0.2, 0) is 11.3 Å². The molecule has 0 radical (unpaired) electrons. The number of aryl methyl sites for hydroxylation is 1. The second kappa shape index (κ2) is 5.50. The van der Waals surface area contributed by atoms with Gasteiger partial charge in [0.05, 0.1) is 12.3 Å². The van der Waals surface area contributed by atoms with Gasteiger partial charge in [-0.2, -0.15) is 0 Å². The van der Waals surface area contributed by atoms with Crippen LogP contribution in [0.4, 0.5) is 0 Å². The molecular weight excluding hydrogens is 230 g/mol. The Labute approximate surface area is 108 Å². The summed E-state index contributed by atoms with van der Waals surface area (Å²) in [6.07, 6.45) is 3.30. The molecule has 2 rings (SSSR count). The van der Waals surface area contributed by atoms with Crippen LogP contribution in [0.2, 0.25) is 0 Å². The maximum atomic E-state index is 11.8. The van der Waals surface area contributed by atoms with Gasteiger partial charge in [-0.25, -0.2) is 9.48 Å². The van der Waals surface area contributed by atoms with Crippen LogP contribution in [0.1, 0.15) is 62.1 Å². The van der Waals surface area contributed by atoms with Gasteiger partial charge in [-0.1, -0.05) is 19.1 Å². The van der Waals surface area contributed by atoms with Crippen molar-refractivity contribution < 1.29 is 9.53 Å². The first kappa shape index (κ1) is 13.1. The number of hydrogen-bond donors (Lipinski definition) is 0. The molecule has 1 aromatic heterocycles. The number of rotatable bonds is 6. The van der Waals surface area contributed by atoms with E-state index in [0.717, 1.165) is 31.5 Å². The molecule has 0 bridgehead atoms. The van der Waals surface area contributed by atoms with Gasteiger partial charge in [0, 0.05) is 12.5 Å². The Balaban J connectivity index is 2.17. The molecule has 100 valence electrons. The third-order valence-electron chi connectivity index (χ3n) is 3.12. The number of hydrogen-bond acceptors (Lipinski definition) is 4. The largest absolute Gasteiger partial charge is 0.461 e. The Morgan fingerprint density at radius 2 is 2.22 bits per heavy atom. The van der Waals surface area contributed by atoms with E-state index in [1.54, 1.807) is 6.92 Å². The highest BCUT2D eigenvalue weighted by atomic mass is 16.5. The first-order chi connectivity index (χ1) is 8.63. The van der Waals surface area contributed by atoms with Crippen molar-refractivity contribution in [3.05, 3.63) is 11.4 Å². The van der Waals surface area contributed by atoms with E-state index in [1.807, 2.05) is 4.68 Å². The van der Waals surface area contributed by atoms with E-state index in [4.69, 9.17) is 4.74 Å². The fourth-order valence-electron chi connectivity index (χ4n) is 1.97. The van der Waals surface area contributed by atoms with Gasteiger partial charge < -0.3 is 4.74 Å². The first-order valence-electron chi connectivity index (χ1n) is 6.74. The molecule has 0 unspecified atom stereocenters. The van der Waals surface area contributed by atoms with Gasteiger partial charge in [-0.15, -0.1) is 5.10 Å². The van der Waals surface area contributed by atoms with E-state index in [-0.39, 0.29) is 5.97 Å². The smallest absolute Gasteiger partial charge is 0.360 e. The fourth-order valence-corrected chi connectivity index (χ4v) is 1.97. The number of carbonyl (C=O) groups excluding carboxylic acids is 1. The highest BCUT2D eigenvalue weighted by molar-refractivity contribution is 5.88. The Bertz CT molecular complexity index is 422. The van der Waals surface area contributed by atoms with E-state index in [9.17, 15) is 4.79 Å². The second-order valence-corrected chi connectivity index (χ2v) is 5.22. The molecule has 5 nitrogen and oxygen atoms in total. The molecule has 1 heterocycles. The van der Waals surface area contributed by atoms with Crippen LogP contribution in [-0.4, -0.2) is 27.6 Å². The quantitative estimate of drug-likeness (QED) is 0.728. The number of ether oxygens (including phenoxy) is 1. The second-order valence-electron chi connectivity index (χ2n) is 5.22. The Morgan fingerprint density at radius 3 is 2.78 bits per heavy atom. The average Bonchev–Trinajstić information content (AvgIpc) is 3.06. The maximum absolute atomic E-state index is 11.8. The van der Waals surface area contributed by atoms with Crippen molar-refractivity contribution in [1.82, 2.24) is 15.0 Å². The molecule has 0 atom stereocenters. The topological polar surface area (TPSA) is 57.0 Å². The van der Waals surface area contributed by atoms with E-state index >= 15 is 0 Å². The van der Waals surface area contributed by atoms with Crippen molar-refractivity contribution in [2.75, 3.05) is 6.61 Å². The van der Waals surface area contributed by atoms with Gasteiger partial charge in [-0.3, -0.25) is 0 Å². The monoisotopic (exact) mass is 251 g/mol. The van der Waals surface area contributed by atoms with Crippen LogP contribution in [0.5, 0.6) is 0 Å². The van der Waals surface area contributed by atoms with Gasteiger partial charge in [-0.05, 0) is 32.1 Å². The van der Waals surface area contributed by atoms with E-state index < -0.39 is 0 Å². The summed E-state index contributed by atoms with van der Waals surface area (Å²) in [5, 5.41) is 8.13. The van der Waals surface area contributed by atoms with Crippen molar-refractivity contribution in [3.8, 4) is 0 Å². The van der Waals surface area contributed by atoms with E-state index in [2.05, 4.69) is 24.2 Å². The molecule has 18 heavy (non-hydrogen) atoms. The van der Waals surface area contributed by atoms with Crippen LogP contribution in [0, 0.1) is 5.92 Å². The van der Waals surface area contributed by atoms with Crippen molar-refractivity contribution in [2.45, 2.75) is 52.5 Å². The highest BCUT2D eigenvalue weighted by Gasteiger charge is 2.34. The third kappa shape index (κ3) is 2.89. The number of carbonyl (C=O) groups is 1. The molecular formula is C13H21N3O2. The zero-order valence-electron chi connectivity index (χ0n) is 11.3. The van der Waals surface area contributed by atoms with Crippen molar-refractivity contribution in [2.24, 2.45) is 5.92 Å².